The molecule has 7 amide bonds. The lowest BCUT2D eigenvalue weighted by atomic mass is 10.0. The summed E-state index contributed by atoms with van der Waals surface area (Å²) in [4.78, 5) is 86.8. The highest BCUT2D eigenvalue weighted by atomic mass is 32.2. The molecular weight excluding hydrogens is 640 g/mol. The maximum Gasteiger partial charge on any atom is 0.329 e. The molecule has 0 saturated carbocycles. The lowest BCUT2D eigenvalue weighted by Crippen LogP contribution is -2.60. The number of aromatic hydroxyl groups is 1. The van der Waals surface area contributed by atoms with E-state index in [0.29, 0.717) is 33.8 Å². The largest absolute Gasteiger partial charge is 0.508 e. The molecule has 0 spiro atoms. The van der Waals surface area contributed by atoms with Crippen molar-refractivity contribution in [3.05, 3.63) is 95.3 Å². The molecule has 15 nitrogen and oxygen atoms in total. The second kappa shape index (κ2) is 14.9. The van der Waals surface area contributed by atoms with Gasteiger partial charge in [0.15, 0.2) is 11.9 Å². The van der Waals surface area contributed by atoms with Crippen LogP contribution in [0.25, 0.3) is 0 Å². The zero-order valence-corrected chi connectivity index (χ0v) is 26.2. The Bertz CT molecular complexity index is 1750. The van der Waals surface area contributed by atoms with Crippen LogP contribution < -0.4 is 32.3 Å². The number of carbonyl (C=O) groups is 6. The number of phenols is 1. The van der Waals surface area contributed by atoms with Gasteiger partial charge in [0.2, 0.25) is 17.7 Å². The predicted octanol–water partition coefficient (Wildman–Crippen LogP) is 0.0496. The van der Waals surface area contributed by atoms with Crippen molar-refractivity contribution in [2.75, 3.05) is 5.75 Å². The fourth-order valence-electron chi connectivity index (χ4n) is 5.11. The van der Waals surface area contributed by atoms with E-state index in [9.17, 15) is 33.9 Å². The van der Waals surface area contributed by atoms with E-state index in [4.69, 9.17) is 5.73 Å². The van der Waals surface area contributed by atoms with E-state index < -0.39 is 53.6 Å². The Kier molecular flexibility index (Phi) is 10.5. The highest BCUT2D eigenvalue weighted by Crippen LogP contribution is 2.29. The molecule has 0 saturated heterocycles. The fraction of sp³-hybridized carbons (Fsp3) is 0.250. The summed E-state index contributed by atoms with van der Waals surface area (Å²) in [5, 5.41) is 22.1. The number of amides is 7. The molecule has 2 aliphatic rings. The van der Waals surface area contributed by atoms with Gasteiger partial charge in [-0.25, -0.2) is 14.6 Å². The van der Waals surface area contributed by atoms with Crippen LogP contribution in [0.2, 0.25) is 0 Å². The molecule has 0 aliphatic carbocycles. The van der Waals surface area contributed by atoms with Crippen molar-refractivity contribution in [3.8, 4) is 5.75 Å². The van der Waals surface area contributed by atoms with Gasteiger partial charge in [-0.3, -0.25) is 40.1 Å². The minimum Gasteiger partial charge on any atom is -0.508 e. The van der Waals surface area contributed by atoms with Gasteiger partial charge in [-0.2, -0.15) is 0 Å². The Labute approximate surface area is 278 Å². The maximum atomic E-state index is 13.5. The van der Waals surface area contributed by atoms with Crippen LogP contribution in [-0.4, -0.2) is 80.7 Å². The summed E-state index contributed by atoms with van der Waals surface area (Å²) < 4.78 is 0. The van der Waals surface area contributed by atoms with Crippen LogP contribution in [0, 0.1) is 0 Å². The number of nitrogens with one attached hydrogen (secondary N) is 5. The summed E-state index contributed by atoms with van der Waals surface area (Å²) in [6, 6.07) is 13.7. The molecule has 0 radical (unpaired) electrons. The minimum absolute atomic E-state index is 0.00369. The van der Waals surface area contributed by atoms with Gasteiger partial charge in [0, 0.05) is 24.3 Å². The van der Waals surface area contributed by atoms with Gasteiger partial charge in [-0.05, 0) is 41.8 Å². The zero-order chi connectivity index (χ0) is 34.3. The molecule has 1 unspecified atom stereocenters. The van der Waals surface area contributed by atoms with Crippen molar-refractivity contribution in [3.63, 3.8) is 0 Å². The molecule has 3 aromatic rings. The van der Waals surface area contributed by atoms with Crippen LogP contribution in [0.3, 0.4) is 0 Å². The van der Waals surface area contributed by atoms with Gasteiger partial charge in [0.1, 0.15) is 22.9 Å². The van der Waals surface area contributed by atoms with Crippen LogP contribution in [0.5, 0.6) is 5.75 Å². The molecule has 2 aliphatic heterocycles. The van der Waals surface area contributed by atoms with Gasteiger partial charge in [-0.15, -0.1) is 11.8 Å². The number of imide groups is 2. The number of hydrogen-bond donors (Lipinski definition) is 7. The number of primary amides is 1. The van der Waals surface area contributed by atoms with Gasteiger partial charge in [0.25, 0.3) is 0 Å². The van der Waals surface area contributed by atoms with Gasteiger partial charge in [-0.1, -0.05) is 48.5 Å². The third kappa shape index (κ3) is 8.59. The number of fused-ring (bicyclic) bond motifs is 4. The Balaban J connectivity index is 1.50. The molecule has 3 heterocycles. The lowest BCUT2D eigenvalue weighted by Gasteiger charge is -2.27. The average Bonchev–Trinajstić information content (AvgIpc) is 3.49. The number of aliphatic imine (C=N–C) groups is 1. The Morgan fingerprint density at radius 2 is 1.58 bits per heavy atom. The van der Waals surface area contributed by atoms with E-state index in [2.05, 4.69) is 31.2 Å². The number of nitrogens with two attached hydrogens (primary N) is 1. The highest BCUT2D eigenvalue weighted by Gasteiger charge is 2.40. The number of aldehydes is 1. The normalized spacial score (nSPS) is 23.6. The second-order valence-electron chi connectivity index (χ2n) is 11.2. The predicted molar refractivity (Wildman–Crippen MR) is 175 cm³/mol. The first kappa shape index (κ1) is 33.7. The number of thioether (sulfide) groups is 1. The van der Waals surface area contributed by atoms with Crippen molar-refractivity contribution in [2.45, 2.75) is 43.1 Å². The number of nitrogens with zero attached hydrogens (tertiary/aromatic N) is 2. The molecular formula is C32H32N8O7S. The molecule has 0 fully saturated rings. The van der Waals surface area contributed by atoms with Gasteiger partial charge in [0.05, 0.1) is 11.7 Å². The van der Waals surface area contributed by atoms with Gasteiger partial charge >= 0.3 is 12.1 Å². The smallest absolute Gasteiger partial charge is 0.329 e. The van der Waals surface area contributed by atoms with E-state index in [-0.39, 0.29) is 30.8 Å². The number of carbonyl (C=O) groups excluding carboxylic acids is 6. The van der Waals surface area contributed by atoms with Crippen LogP contribution in [0.1, 0.15) is 22.5 Å². The standard InChI is InChI=1S/C32H32N8O7S/c33-26(43)23-15-20-7-4-8-22(34-20)29-40-32(16-41,17-48-29)39-25(14-19-9-11-21(42)12-10-19)28(45)37-31(47)38-30(46)36-24(27(44)35-23)13-18-5-2-1-3-6-18/h1-12,16,23-25,39,42H,13-15,17H2,(H2,33,43)(H,35,44)(H3,36,37,38,45,46,47)/t23-,24?,25-,32-/m0/s1. The van der Waals surface area contributed by atoms with E-state index in [1.54, 1.807) is 60.7 Å². The number of aromatic nitrogens is 1. The molecule has 4 bridgehead atoms. The molecule has 248 valence electrons. The highest BCUT2D eigenvalue weighted by molar-refractivity contribution is 8.14. The molecule has 16 heteroatoms. The molecule has 5 rings (SSSR count). The van der Waals surface area contributed by atoms with Crippen LogP contribution >= 0.6 is 11.8 Å². The Morgan fingerprint density at radius 3 is 2.29 bits per heavy atom. The first-order valence-corrected chi connectivity index (χ1v) is 15.8. The van der Waals surface area contributed by atoms with Crippen LogP contribution in [0.15, 0.2) is 77.8 Å². The first-order chi connectivity index (χ1) is 23.0. The molecule has 48 heavy (non-hydrogen) atoms. The quantitative estimate of drug-likeness (QED) is 0.174. The number of pyridine rings is 1. The van der Waals surface area contributed by atoms with Crippen LogP contribution in [0.4, 0.5) is 9.59 Å². The summed E-state index contributed by atoms with van der Waals surface area (Å²) >= 11 is 1.20. The summed E-state index contributed by atoms with van der Waals surface area (Å²) in [7, 11) is 0. The number of rotatable bonds is 6. The van der Waals surface area contributed by atoms with E-state index >= 15 is 0 Å². The fourth-order valence-corrected chi connectivity index (χ4v) is 6.17. The summed E-state index contributed by atoms with van der Waals surface area (Å²) in [5.74, 6) is -2.41. The Morgan fingerprint density at radius 1 is 0.875 bits per heavy atom. The molecule has 8 N–H and O–H groups in total. The van der Waals surface area contributed by atoms with Crippen LogP contribution in [-0.2, 0) is 38.4 Å². The second-order valence-corrected chi connectivity index (χ2v) is 12.1. The summed E-state index contributed by atoms with van der Waals surface area (Å²) in [5.41, 5.74) is 6.06. The van der Waals surface area contributed by atoms with Crippen molar-refractivity contribution < 1.29 is 33.9 Å². The number of urea groups is 2. The van der Waals surface area contributed by atoms with E-state index in [1.807, 2.05) is 5.32 Å². The topological polar surface area (TPSA) is 234 Å². The van der Waals surface area contributed by atoms with Crippen molar-refractivity contribution in [1.82, 2.24) is 31.6 Å². The van der Waals surface area contributed by atoms with Gasteiger partial charge < -0.3 is 21.5 Å². The zero-order valence-electron chi connectivity index (χ0n) is 25.3. The van der Waals surface area contributed by atoms with Crippen molar-refractivity contribution in [1.29, 1.82) is 0 Å². The van der Waals surface area contributed by atoms with Crippen molar-refractivity contribution in [2.24, 2.45) is 10.7 Å². The lowest BCUT2D eigenvalue weighted by molar-refractivity contribution is -0.128. The maximum absolute atomic E-state index is 13.5. The number of phenolic OH excluding ortho intramolecular Hbond substituents is 1. The van der Waals surface area contributed by atoms with Crippen molar-refractivity contribution >= 4 is 52.9 Å². The third-order valence-electron chi connectivity index (χ3n) is 7.51. The molecule has 4 atom stereocenters. The molecule has 2 aromatic carbocycles. The monoisotopic (exact) mass is 672 g/mol. The molecule has 1 aromatic heterocycles. The number of hydrogen-bond acceptors (Lipinski definition) is 11. The first-order valence-electron chi connectivity index (χ1n) is 14.8. The Hall–Kier alpha value is -5.61. The number of benzene rings is 2. The summed E-state index contributed by atoms with van der Waals surface area (Å²) in [6.07, 6.45) is 0.414. The third-order valence-corrected chi connectivity index (χ3v) is 8.67. The minimum atomic E-state index is -1.60. The van der Waals surface area contributed by atoms with E-state index in [0.717, 1.165) is 0 Å². The van der Waals surface area contributed by atoms with E-state index in [1.165, 1.54) is 23.9 Å². The SMILES string of the molecule is NC(=O)[C@@H]1Cc2cccc(n2)C2=N[C@@](C=O)(CS2)N[C@@H](Cc2ccc(O)cc2)C(=O)NC(=O)NC(=O)NC(Cc2ccccc2)C(=O)N1. The average molecular weight is 673 g/mol. The summed E-state index contributed by atoms with van der Waals surface area (Å²) in [6.45, 7) is 0.